The van der Waals surface area contributed by atoms with Crippen molar-refractivity contribution in [3.8, 4) is 0 Å². The van der Waals surface area contributed by atoms with Crippen LogP contribution in [0, 0.1) is 0 Å². The Morgan fingerprint density at radius 1 is 1.38 bits per heavy atom. The van der Waals surface area contributed by atoms with Crippen molar-refractivity contribution in [1.82, 2.24) is 20.3 Å². The highest BCUT2D eigenvalue weighted by atomic mass is 16.5. The molecular formula is C15H24N4O2. The normalized spacial score (nSPS) is 12.0. The van der Waals surface area contributed by atoms with Gasteiger partial charge in [-0.3, -0.25) is 0 Å². The first-order valence-electron chi connectivity index (χ1n) is 7.28. The first-order chi connectivity index (χ1) is 10.1. The maximum atomic E-state index is 5.51. The summed E-state index contributed by atoms with van der Waals surface area (Å²) in [7, 11) is 0. The smallest absolute Gasteiger partial charge is 0.129 e. The third kappa shape index (κ3) is 5.32. The van der Waals surface area contributed by atoms with Crippen LogP contribution < -0.4 is 5.32 Å². The Balaban J connectivity index is 1.54. The van der Waals surface area contributed by atoms with Gasteiger partial charge < -0.3 is 14.5 Å². The molecule has 2 aromatic heterocycles. The highest BCUT2D eigenvalue weighted by Gasteiger charge is 2.14. The Kier molecular flexibility index (Phi) is 5.52. The van der Waals surface area contributed by atoms with Crippen LogP contribution in [0.5, 0.6) is 0 Å². The maximum absolute atomic E-state index is 5.51. The SMILES string of the molecule is CC(C)(C)n1cc(CNCCCOCc2ccco2)nn1. The van der Waals surface area contributed by atoms with Crippen LogP contribution in [0.2, 0.25) is 0 Å². The molecule has 0 aliphatic rings. The summed E-state index contributed by atoms with van der Waals surface area (Å²) in [6, 6.07) is 3.78. The first-order valence-corrected chi connectivity index (χ1v) is 7.28. The van der Waals surface area contributed by atoms with Gasteiger partial charge in [0.1, 0.15) is 12.4 Å². The lowest BCUT2D eigenvalue weighted by molar-refractivity contribution is 0.104. The van der Waals surface area contributed by atoms with Crippen molar-refractivity contribution in [3.63, 3.8) is 0 Å². The summed E-state index contributed by atoms with van der Waals surface area (Å²) in [5.74, 6) is 0.863. The molecule has 6 nitrogen and oxygen atoms in total. The summed E-state index contributed by atoms with van der Waals surface area (Å²) < 4.78 is 12.6. The number of rotatable bonds is 8. The number of aromatic nitrogens is 3. The molecule has 1 N–H and O–H groups in total. The van der Waals surface area contributed by atoms with Crippen LogP contribution in [-0.2, 0) is 23.4 Å². The third-order valence-electron chi connectivity index (χ3n) is 3.00. The fourth-order valence-corrected chi connectivity index (χ4v) is 1.79. The molecular weight excluding hydrogens is 268 g/mol. The van der Waals surface area contributed by atoms with Gasteiger partial charge in [0, 0.05) is 13.2 Å². The topological polar surface area (TPSA) is 65.1 Å². The lowest BCUT2D eigenvalue weighted by Crippen LogP contribution is -2.22. The van der Waals surface area contributed by atoms with Crippen LogP contribution in [0.25, 0.3) is 0 Å². The Labute approximate surface area is 125 Å². The zero-order valence-corrected chi connectivity index (χ0v) is 13.0. The molecule has 0 bridgehead atoms. The van der Waals surface area contributed by atoms with E-state index in [1.807, 2.05) is 23.0 Å². The molecule has 0 unspecified atom stereocenters. The fourth-order valence-electron chi connectivity index (χ4n) is 1.79. The van der Waals surface area contributed by atoms with Gasteiger partial charge in [-0.15, -0.1) is 5.10 Å². The quantitative estimate of drug-likeness (QED) is 0.756. The predicted octanol–water partition coefficient (Wildman–Crippen LogP) is 2.32. The van der Waals surface area contributed by atoms with Crippen molar-refractivity contribution in [2.75, 3.05) is 13.2 Å². The van der Waals surface area contributed by atoms with E-state index in [9.17, 15) is 0 Å². The number of furan rings is 1. The largest absolute Gasteiger partial charge is 0.467 e. The standard InChI is InChI=1S/C15H24N4O2/c1-15(2,3)19-11-13(17-18-19)10-16-7-5-8-20-12-14-6-4-9-21-14/h4,6,9,11,16H,5,7-8,10,12H2,1-3H3. The molecule has 0 amide bonds. The number of hydrogen-bond acceptors (Lipinski definition) is 5. The third-order valence-corrected chi connectivity index (χ3v) is 3.00. The van der Waals surface area contributed by atoms with Gasteiger partial charge in [0.2, 0.25) is 0 Å². The van der Waals surface area contributed by atoms with E-state index in [0.717, 1.165) is 31.0 Å². The van der Waals surface area contributed by atoms with Gasteiger partial charge in [0.05, 0.1) is 23.7 Å². The van der Waals surface area contributed by atoms with E-state index in [4.69, 9.17) is 9.15 Å². The van der Waals surface area contributed by atoms with Gasteiger partial charge >= 0.3 is 0 Å². The van der Waals surface area contributed by atoms with Crippen molar-refractivity contribution in [3.05, 3.63) is 36.0 Å². The molecule has 2 rings (SSSR count). The molecule has 0 aliphatic carbocycles. The summed E-state index contributed by atoms with van der Waals surface area (Å²) in [5, 5.41) is 11.6. The van der Waals surface area contributed by atoms with Crippen LogP contribution in [0.3, 0.4) is 0 Å². The van der Waals surface area contributed by atoms with Gasteiger partial charge in [-0.1, -0.05) is 5.21 Å². The summed E-state index contributed by atoms with van der Waals surface area (Å²) in [4.78, 5) is 0. The second-order valence-electron chi connectivity index (χ2n) is 5.99. The van der Waals surface area contributed by atoms with Crippen molar-refractivity contribution in [2.45, 2.75) is 45.9 Å². The van der Waals surface area contributed by atoms with Crippen molar-refractivity contribution >= 4 is 0 Å². The van der Waals surface area contributed by atoms with Gasteiger partial charge in [-0.25, -0.2) is 4.68 Å². The summed E-state index contributed by atoms with van der Waals surface area (Å²) in [5.41, 5.74) is 0.937. The average Bonchev–Trinajstić information content (AvgIpc) is 3.07. The van der Waals surface area contributed by atoms with Crippen molar-refractivity contribution < 1.29 is 9.15 Å². The molecule has 0 radical (unpaired) electrons. The van der Waals surface area contributed by atoms with E-state index in [2.05, 4.69) is 36.4 Å². The molecule has 0 saturated carbocycles. The minimum Gasteiger partial charge on any atom is -0.467 e. The molecule has 0 saturated heterocycles. The Morgan fingerprint density at radius 3 is 2.90 bits per heavy atom. The van der Waals surface area contributed by atoms with Crippen molar-refractivity contribution in [1.29, 1.82) is 0 Å². The fraction of sp³-hybridized carbons (Fsp3) is 0.600. The monoisotopic (exact) mass is 292 g/mol. The maximum Gasteiger partial charge on any atom is 0.129 e. The van der Waals surface area contributed by atoms with E-state index in [-0.39, 0.29) is 5.54 Å². The minimum absolute atomic E-state index is 0.0229. The van der Waals surface area contributed by atoms with E-state index >= 15 is 0 Å². The first kappa shape index (κ1) is 15.7. The van der Waals surface area contributed by atoms with E-state index < -0.39 is 0 Å². The Morgan fingerprint density at radius 2 is 2.24 bits per heavy atom. The van der Waals surface area contributed by atoms with E-state index in [1.165, 1.54) is 0 Å². The Bertz CT molecular complexity index is 514. The molecule has 0 spiro atoms. The summed E-state index contributed by atoms with van der Waals surface area (Å²) in [6.07, 6.45) is 4.60. The minimum atomic E-state index is -0.0229. The van der Waals surface area contributed by atoms with E-state index in [1.54, 1.807) is 6.26 Å². The predicted molar refractivity (Wildman–Crippen MR) is 79.7 cm³/mol. The summed E-state index contributed by atoms with van der Waals surface area (Å²) in [6.45, 7) is 9.18. The molecule has 0 aromatic carbocycles. The molecule has 2 aromatic rings. The van der Waals surface area contributed by atoms with Gasteiger partial charge in [0.15, 0.2) is 0 Å². The van der Waals surface area contributed by atoms with Gasteiger partial charge in [-0.2, -0.15) is 0 Å². The van der Waals surface area contributed by atoms with E-state index in [0.29, 0.717) is 13.2 Å². The molecule has 21 heavy (non-hydrogen) atoms. The zero-order valence-electron chi connectivity index (χ0n) is 13.0. The average molecular weight is 292 g/mol. The Hall–Kier alpha value is -1.66. The van der Waals surface area contributed by atoms with Crippen LogP contribution in [0.1, 0.15) is 38.6 Å². The zero-order chi connectivity index (χ0) is 15.1. The van der Waals surface area contributed by atoms with Gasteiger partial charge in [0.25, 0.3) is 0 Å². The van der Waals surface area contributed by atoms with Crippen LogP contribution >= 0.6 is 0 Å². The summed E-state index contributed by atoms with van der Waals surface area (Å²) >= 11 is 0. The number of nitrogens with zero attached hydrogens (tertiary/aromatic N) is 3. The highest BCUT2D eigenvalue weighted by molar-refractivity contribution is 4.96. The van der Waals surface area contributed by atoms with Crippen LogP contribution in [0.15, 0.2) is 29.0 Å². The van der Waals surface area contributed by atoms with Gasteiger partial charge in [-0.05, 0) is 45.9 Å². The molecule has 2 heterocycles. The lowest BCUT2D eigenvalue weighted by atomic mass is 10.1. The second-order valence-corrected chi connectivity index (χ2v) is 5.99. The molecule has 0 atom stereocenters. The molecule has 116 valence electrons. The molecule has 6 heteroatoms. The molecule has 0 aliphatic heterocycles. The van der Waals surface area contributed by atoms with Crippen LogP contribution in [-0.4, -0.2) is 28.1 Å². The number of hydrogen-bond donors (Lipinski definition) is 1. The molecule has 0 fully saturated rings. The lowest BCUT2D eigenvalue weighted by Gasteiger charge is -2.17. The second kappa shape index (κ2) is 7.38. The number of nitrogens with one attached hydrogen (secondary N) is 1. The van der Waals surface area contributed by atoms with Crippen LogP contribution in [0.4, 0.5) is 0 Å². The number of ether oxygens (including phenoxy) is 1. The van der Waals surface area contributed by atoms with Crippen molar-refractivity contribution in [2.24, 2.45) is 0 Å². The highest BCUT2D eigenvalue weighted by Crippen LogP contribution is 2.11.